The van der Waals surface area contributed by atoms with Gasteiger partial charge < -0.3 is 24.8 Å². The van der Waals surface area contributed by atoms with E-state index in [0.29, 0.717) is 24.5 Å². The predicted molar refractivity (Wildman–Crippen MR) is 97.5 cm³/mol. The van der Waals surface area contributed by atoms with Gasteiger partial charge in [-0.05, 0) is 51.0 Å². The minimum Gasteiger partial charge on any atom is -0.491 e. The normalized spacial score (nSPS) is 17.0. The zero-order valence-corrected chi connectivity index (χ0v) is 15.7. The van der Waals surface area contributed by atoms with Gasteiger partial charge in [-0.2, -0.15) is 0 Å². The molecule has 1 aliphatic heterocycles. The monoisotopic (exact) mass is 378 g/mol. The molecule has 8 nitrogen and oxygen atoms in total. The van der Waals surface area contributed by atoms with Crippen LogP contribution in [-0.2, 0) is 19.1 Å². The van der Waals surface area contributed by atoms with Crippen LogP contribution in [0.15, 0.2) is 24.3 Å². The summed E-state index contributed by atoms with van der Waals surface area (Å²) in [5, 5.41) is 5.06. The van der Waals surface area contributed by atoms with Crippen molar-refractivity contribution >= 4 is 17.8 Å². The second-order valence-electron chi connectivity index (χ2n) is 6.23. The first-order valence-corrected chi connectivity index (χ1v) is 9.08. The predicted octanol–water partition coefficient (Wildman–Crippen LogP) is 1.04. The Morgan fingerprint density at radius 1 is 1.26 bits per heavy atom. The smallest absolute Gasteiger partial charge is 0.338 e. The summed E-state index contributed by atoms with van der Waals surface area (Å²) in [4.78, 5) is 35.3. The average Bonchev–Trinajstić information content (AvgIpc) is 3.18. The van der Waals surface area contributed by atoms with Crippen molar-refractivity contribution in [1.82, 2.24) is 10.6 Å². The minimum absolute atomic E-state index is 0.120. The van der Waals surface area contributed by atoms with Crippen molar-refractivity contribution in [2.45, 2.75) is 38.8 Å². The van der Waals surface area contributed by atoms with Gasteiger partial charge in [0.1, 0.15) is 18.4 Å². The number of likely N-dealkylation sites (N-methyl/N-ethyl adjacent to an activating group) is 1. The number of esters is 1. The van der Waals surface area contributed by atoms with Crippen molar-refractivity contribution < 1.29 is 28.6 Å². The van der Waals surface area contributed by atoms with Gasteiger partial charge in [0, 0.05) is 13.2 Å². The fraction of sp³-hybridized carbons (Fsp3) is 0.526. The van der Waals surface area contributed by atoms with E-state index < -0.39 is 24.5 Å². The summed E-state index contributed by atoms with van der Waals surface area (Å²) >= 11 is 0. The highest BCUT2D eigenvalue weighted by atomic mass is 16.5. The van der Waals surface area contributed by atoms with E-state index in [-0.39, 0.29) is 12.0 Å². The molecule has 2 amide bonds. The first-order valence-electron chi connectivity index (χ1n) is 9.08. The van der Waals surface area contributed by atoms with Gasteiger partial charge in [0.25, 0.3) is 5.91 Å². The molecule has 27 heavy (non-hydrogen) atoms. The number of carbonyl (C=O) groups excluding carboxylic acids is 3. The Labute approximate surface area is 158 Å². The van der Waals surface area contributed by atoms with Crippen LogP contribution in [-0.4, -0.2) is 56.3 Å². The molecule has 0 radical (unpaired) electrons. The number of ether oxygens (including phenoxy) is 3. The number of hydrogen-bond donors (Lipinski definition) is 2. The van der Waals surface area contributed by atoms with Crippen LogP contribution in [0.25, 0.3) is 0 Å². The van der Waals surface area contributed by atoms with Crippen molar-refractivity contribution in [1.29, 1.82) is 0 Å². The molecule has 2 atom stereocenters. The van der Waals surface area contributed by atoms with Gasteiger partial charge in [0.15, 0.2) is 6.61 Å². The zero-order valence-electron chi connectivity index (χ0n) is 15.7. The van der Waals surface area contributed by atoms with Gasteiger partial charge in [-0.15, -0.1) is 0 Å². The van der Waals surface area contributed by atoms with E-state index in [1.54, 1.807) is 38.1 Å². The number of benzene rings is 1. The zero-order chi connectivity index (χ0) is 19.6. The molecule has 1 aliphatic rings. The third kappa shape index (κ3) is 6.90. The molecular formula is C19H26N2O6. The third-order valence-corrected chi connectivity index (χ3v) is 4.01. The minimum atomic E-state index is -0.698. The standard InChI is InChI=1S/C19H26N2O6/c1-3-20-18(23)13(2)21-17(22)12-27-19(24)14-6-8-15(9-7-14)26-11-16-5-4-10-25-16/h6-9,13,16H,3-5,10-12H2,1-2H3,(H,20,23)(H,21,22)/t13-,16-/m1/s1. The van der Waals surface area contributed by atoms with Crippen molar-refractivity contribution in [2.75, 3.05) is 26.4 Å². The van der Waals surface area contributed by atoms with Crippen molar-refractivity contribution in [3.05, 3.63) is 29.8 Å². The van der Waals surface area contributed by atoms with E-state index >= 15 is 0 Å². The Morgan fingerprint density at radius 2 is 2.00 bits per heavy atom. The molecule has 0 aliphatic carbocycles. The molecule has 1 heterocycles. The van der Waals surface area contributed by atoms with E-state index in [9.17, 15) is 14.4 Å². The second-order valence-corrected chi connectivity index (χ2v) is 6.23. The van der Waals surface area contributed by atoms with Crippen LogP contribution in [0.4, 0.5) is 0 Å². The molecule has 8 heteroatoms. The Hall–Kier alpha value is -2.61. The Kier molecular flexibility index (Phi) is 8.06. The van der Waals surface area contributed by atoms with Crippen molar-refractivity contribution in [3.8, 4) is 5.75 Å². The first-order chi connectivity index (χ1) is 13.0. The van der Waals surface area contributed by atoms with Crippen LogP contribution in [0.5, 0.6) is 5.75 Å². The van der Waals surface area contributed by atoms with Crippen LogP contribution in [0.1, 0.15) is 37.0 Å². The lowest BCUT2D eigenvalue weighted by molar-refractivity contribution is -0.130. The molecule has 0 bridgehead atoms. The van der Waals surface area contributed by atoms with Crippen LogP contribution in [0, 0.1) is 0 Å². The molecular weight excluding hydrogens is 352 g/mol. The maximum atomic E-state index is 12.0. The Bertz CT molecular complexity index is 640. The summed E-state index contributed by atoms with van der Waals surface area (Å²) in [6.45, 7) is 4.61. The molecule has 0 saturated carbocycles. The molecule has 1 aromatic rings. The lowest BCUT2D eigenvalue weighted by atomic mass is 10.2. The first kappa shape index (κ1) is 20.7. The molecule has 1 fully saturated rings. The number of nitrogens with one attached hydrogen (secondary N) is 2. The van der Waals surface area contributed by atoms with E-state index in [4.69, 9.17) is 14.2 Å². The maximum Gasteiger partial charge on any atom is 0.338 e. The fourth-order valence-corrected chi connectivity index (χ4v) is 2.54. The second kappa shape index (κ2) is 10.5. The number of amides is 2. The summed E-state index contributed by atoms with van der Waals surface area (Å²) < 4.78 is 16.1. The summed E-state index contributed by atoms with van der Waals surface area (Å²) in [6, 6.07) is 5.78. The largest absolute Gasteiger partial charge is 0.491 e. The fourth-order valence-electron chi connectivity index (χ4n) is 2.54. The topological polar surface area (TPSA) is 103 Å². The van der Waals surface area contributed by atoms with Gasteiger partial charge in [0.2, 0.25) is 5.91 Å². The number of carbonyl (C=O) groups is 3. The molecule has 2 rings (SSSR count). The highest BCUT2D eigenvalue weighted by molar-refractivity contribution is 5.92. The van der Waals surface area contributed by atoms with E-state index in [2.05, 4.69) is 10.6 Å². The van der Waals surface area contributed by atoms with Gasteiger partial charge in [-0.1, -0.05) is 0 Å². The SMILES string of the molecule is CCNC(=O)[C@@H](C)NC(=O)COC(=O)c1ccc(OC[C@H]2CCCO2)cc1. The van der Waals surface area contributed by atoms with E-state index in [0.717, 1.165) is 19.4 Å². The van der Waals surface area contributed by atoms with E-state index in [1.165, 1.54) is 0 Å². The van der Waals surface area contributed by atoms with Gasteiger partial charge in [-0.25, -0.2) is 4.79 Å². The Balaban J connectivity index is 1.73. The van der Waals surface area contributed by atoms with Crippen LogP contribution < -0.4 is 15.4 Å². The molecule has 148 valence electrons. The highest BCUT2D eigenvalue weighted by Gasteiger charge is 2.17. The quantitative estimate of drug-likeness (QED) is 0.623. The van der Waals surface area contributed by atoms with Crippen LogP contribution in [0.3, 0.4) is 0 Å². The summed E-state index contributed by atoms with van der Waals surface area (Å²) in [5.41, 5.74) is 0.309. The molecule has 1 aromatic carbocycles. The molecule has 1 saturated heterocycles. The third-order valence-electron chi connectivity index (χ3n) is 4.01. The lowest BCUT2D eigenvalue weighted by Crippen LogP contribution is -2.46. The van der Waals surface area contributed by atoms with Gasteiger partial charge in [0.05, 0.1) is 11.7 Å². The molecule has 0 spiro atoms. The number of hydrogen-bond acceptors (Lipinski definition) is 6. The summed E-state index contributed by atoms with van der Waals surface area (Å²) in [6.07, 6.45) is 2.16. The van der Waals surface area contributed by atoms with Gasteiger partial charge in [-0.3, -0.25) is 9.59 Å². The lowest BCUT2D eigenvalue weighted by Gasteiger charge is -2.13. The Morgan fingerprint density at radius 3 is 2.63 bits per heavy atom. The summed E-state index contributed by atoms with van der Waals surface area (Å²) in [7, 11) is 0. The molecule has 2 N–H and O–H groups in total. The molecule has 0 aromatic heterocycles. The van der Waals surface area contributed by atoms with Crippen molar-refractivity contribution in [2.24, 2.45) is 0 Å². The average molecular weight is 378 g/mol. The van der Waals surface area contributed by atoms with Gasteiger partial charge >= 0.3 is 5.97 Å². The summed E-state index contributed by atoms with van der Waals surface area (Å²) in [5.74, 6) is -0.827. The number of rotatable bonds is 9. The van der Waals surface area contributed by atoms with E-state index in [1.807, 2.05) is 0 Å². The maximum absolute atomic E-state index is 12.0. The van der Waals surface area contributed by atoms with Crippen LogP contribution in [0.2, 0.25) is 0 Å². The van der Waals surface area contributed by atoms with Crippen LogP contribution >= 0.6 is 0 Å². The highest BCUT2D eigenvalue weighted by Crippen LogP contribution is 2.17. The van der Waals surface area contributed by atoms with Crippen molar-refractivity contribution in [3.63, 3.8) is 0 Å². The molecule has 0 unspecified atom stereocenters.